The van der Waals surface area contributed by atoms with E-state index < -0.39 is 15.8 Å². The average Bonchev–Trinajstić information content (AvgIpc) is 2.39. The van der Waals surface area contributed by atoms with Gasteiger partial charge in [0.15, 0.2) is 0 Å². The SMILES string of the molecule is CS(=O)(=O)NC1CCN(CC(=O)Nc2cccc(F)c2)CC1. The van der Waals surface area contributed by atoms with Crippen LogP contribution in [0.2, 0.25) is 0 Å². The highest BCUT2D eigenvalue weighted by Crippen LogP contribution is 2.12. The third-order valence-corrected chi connectivity index (χ3v) is 4.21. The Bertz CT molecular complexity index is 628. The number of hydrogen-bond acceptors (Lipinski definition) is 4. The van der Waals surface area contributed by atoms with Crippen molar-refractivity contribution in [3.63, 3.8) is 0 Å². The van der Waals surface area contributed by atoms with Gasteiger partial charge in [0, 0.05) is 24.8 Å². The maximum Gasteiger partial charge on any atom is 0.238 e. The highest BCUT2D eigenvalue weighted by molar-refractivity contribution is 7.88. The molecule has 0 spiro atoms. The van der Waals surface area contributed by atoms with Crippen molar-refractivity contribution in [1.29, 1.82) is 0 Å². The molecule has 2 N–H and O–H groups in total. The Morgan fingerprint density at radius 3 is 2.64 bits per heavy atom. The lowest BCUT2D eigenvalue weighted by Crippen LogP contribution is -2.46. The highest BCUT2D eigenvalue weighted by atomic mass is 32.2. The molecule has 0 saturated carbocycles. The molecule has 1 aliphatic heterocycles. The van der Waals surface area contributed by atoms with E-state index in [2.05, 4.69) is 10.0 Å². The van der Waals surface area contributed by atoms with Crippen LogP contribution in [0.4, 0.5) is 10.1 Å². The molecule has 0 atom stereocenters. The molecule has 1 aromatic rings. The molecule has 0 bridgehead atoms. The van der Waals surface area contributed by atoms with Gasteiger partial charge in [-0.2, -0.15) is 0 Å². The van der Waals surface area contributed by atoms with Crippen molar-refractivity contribution in [3.8, 4) is 0 Å². The van der Waals surface area contributed by atoms with Gasteiger partial charge < -0.3 is 5.32 Å². The largest absolute Gasteiger partial charge is 0.325 e. The van der Waals surface area contributed by atoms with E-state index in [9.17, 15) is 17.6 Å². The lowest BCUT2D eigenvalue weighted by Gasteiger charge is -2.31. The molecule has 1 aromatic carbocycles. The first-order valence-corrected chi connectivity index (χ1v) is 8.96. The van der Waals surface area contributed by atoms with E-state index in [-0.39, 0.29) is 18.5 Å². The summed E-state index contributed by atoms with van der Waals surface area (Å²) in [6.45, 7) is 1.50. The Labute approximate surface area is 129 Å². The summed E-state index contributed by atoms with van der Waals surface area (Å²) in [7, 11) is -3.19. The highest BCUT2D eigenvalue weighted by Gasteiger charge is 2.22. The van der Waals surface area contributed by atoms with E-state index in [4.69, 9.17) is 0 Å². The maximum absolute atomic E-state index is 13.0. The van der Waals surface area contributed by atoms with Crippen LogP contribution in [0.3, 0.4) is 0 Å². The van der Waals surface area contributed by atoms with Crippen molar-refractivity contribution >= 4 is 21.6 Å². The number of carbonyl (C=O) groups excluding carboxylic acids is 1. The Balaban J connectivity index is 1.77. The van der Waals surface area contributed by atoms with Gasteiger partial charge in [-0.05, 0) is 31.0 Å². The summed E-state index contributed by atoms with van der Waals surface area (Å²) in [5.74, 6) is -0.606. The monoisotopic (exact) mass is 329 g/mol. The van der Waals surface area contributed by atoms with Gasteiger partial charge in [0.2, 0.25) is 15.9 Å². The fourth-order valence-electron chi connectivity index (χ4n) is 2.48. The topological polar surface area (TPSA) is 78.5 Å². The molecule has 8 heteroatoms. The standard InChI is InChI=1S/C14H20FN3O3S/c1-22(20,21)17-12-5-7-18(8-6-12)10-14(19)16-13-4-2-3-11(15)9-13/h2-4,9,12,17H,5-8,10H2,1H3,(H,16,19). The van der Waals surface area contributed by atoms with Gasteiger partial charge in [0.05, 0.1) is 12.8 Å². The number of carbonyl (C=O) groups is 1. The van der Waals surface area contributed by atoms with Crippen LogP contribution in [-0.2, 0) is 14.8 Å². The van der Waals surface area contributed by atoms with Gasteiger partial charge in [-0.3, -0.25) is 9.69 Å². The molecule has 1 saturated heterocycles. The summed E-state index contributed by atoms with van der Waals surface area (Å²) >= 11 is 0. The number of likely N-dealkylation sites (tertiary alicyclic amines) is 1. The van der Waals surface area contributed by atoms with Crippen LogP contribution < -0.4 is 10.0 Å². The van der Waals surface area contributed by atoms with Crippen molar-refractivity contribution in [2.75, 3.05) is 31.2 Å². The zero-order valence-electron chi connectivity index (χ0n) is 12.4. The number of piperidine rings is 1. The number of amides is 1. The third-order valence-electron chi connectivity index (χ3n) is 3.44. The van der Waals surface area contributed by atoms with Gasteiger partial charge in [0.1, 0.15) is 5.82 Å². The first-order chi connectivity index (χ1) is 10.3. The van der Waals surface area contributed by atoms with Crippen LogP contribution >= 0.6 is 0 Å². The molecule has 1 fully saturated rings. The minimum Gasteiger partial charge on any atom is -0.325 e. The number of anilines is 1. The molecule has 0 radical (unpaired) electrons. The second-order valence-corrected chi connectivity index (χ2v) is 7.28. The normalized spacial score (nSPS) is 17.4. The zero-order valence-corrected chi connectivity index (χ0v) is 13.2. The molecular formula is C14H20FN3O3S. The summed E-state index contributed by atoms with van der Waals surface area (Å²) in [5.41, 5.74) is 0.429. The summed E-state index contributed by atoms with van der Waals surface area (Å²) in [6.07, 6.45) is 2.48. The smallest absolute Gasteiger partial charge is 0.238 e. The molecule has 2 rings (SSSR count). The second-order valence-electron chi connectivity index (χ2n) is 5.50. The summed E-state index contributed by atoms with van der Waals surface area (Å²) < 4.78 is 38.0. The molecule has 1 aliphatic rings. The molecule has 1 heterocycles. The van der Waals surface area contributed by atoms with Crippen molar-refractivity contribution in [3.05, 3.63) is 30.1 Å². The predicted molar refractivity (Wildman–Crippen MR) is 82.5 cm³/mol. The molecule has 6 nitrogen and oxygen atoms in total. The number of halogens is 1. The average molecular weight is 329 g/mol. The van der Waals surface area contributed by atoms with Crippen LogP contribution in [0.25, 0.3) is 0 Å². The summed E-state index contributed by atoms with van der Waals surface area (Å²) in [6, 6.07) is 5.67. The number of benzene rings is 1. The number of rotatable bonds is 5. The lowest BCUT2D eigenvalue weighted by molar-refractivity contribution is -0.117. The Hall–Kier alpha value is -1.51. The molecule has 0 unspecified atom stereocenters. The molecule has 0 aliphatic carbocycles. The van der Waals surface area contributed by atoms with Crippen molar-refractivity contribution < 1.29 is 17.6 Å². The first-order valence-electron chi connectivity index (χ1n) is 7.07. The van der Waals surface area contributed by atoms with Crippen LogP contribution in [0.1, 0.15) is 12.8 Å². The quantitative estimate of drug-likeness (QED) is 0.837. The number of nitrogens with zero attached hydrogens (tertiary/aromatic N) is 1. The maximum atomic E-state index is 13.0. The van der Waals surface area contributed by atoms with E-state index in [1.807, 2.05) is 4.90 Å². The Morgan fingerprint density at radius 2 is 2.05 bits per heavy atom. The van der Waals surface area contributed by atoms with Crippen LogP contribution in [0, 0.1) is 5.82 Å². The predicted octanol–water partition coefficient (Wildman–Crippen LogP) is 0.778. The fraction of sp³-hybridized carbons (Fsp3) is 0.500. The van der Waals surface area contributed by atoms with Crippen molar-refractivity contribution in [2.45, 2.75) is 18.9 Å². The summed E-state index contributed by atoms with van der Waals surface area (Å²) in [4.78, 5) is 13.9. The van der Waals surface area contributed by atoms with E-state index in [0.29, 0.717) is 31.6 Å². The van der Waals surface area contributed by atoms with E-state index in [1.54, 1.807) is 6.07 Å². The number of hydrogen-bond donors (Lipinski definition) is 2. The third kappa shape index (κ3) is 5.70. The molecule has 1 amide bonds. The molecular weight excluding hydrogens is 309 g/mol. The van der Waals surface area contributed by atoms with Crippen molar-refractivity contribution in [2.24, 2.45) is 0 Å². The van der Waals surface area contributed by atoms with E-state index >= 15 is 0 Å². The Kier molecular flexibility index (Phi) is 5.49. The number of sulfonamides is 1. The van der Waals surface area contributed by atoms with Crippen LogP contribution in [-0.4, -0.2) is 51.2 Å². The van der Waals surface area contributed by atoms with Gasteiger partial charge in [-0.15, -0.1) is 0 Å². The minimum atomic E-state index is -3.19. The number of nitrogens with one attached hydrogen (secondary N) is 2. The zero-order chi connectivity index (χ0) is 16.2. The first kappa shape index (κ1) is 16.9. The lowest BCUT2D eigenvalue weighted by atomic mass is 10.1. The fourth-order valence-corrected chi connectivity index (χ4v) is 3.32. The van der Waals surface area contributed by atoms with E-state index in [1.165, 1.54) is 18.2 Å². The molecule has 122 valence electrons. The van der Waals surface area contributed by atoms with Gasteiger partial charge in [0.25, 0.3) is 0 Å². The molecule has 0 aromatic heterocycles. The van der Waals surface area contributed by atoms with Gasteiger partial charge in [-0.25, -0.2) is 17.5 Å². The second kappa shape index (κ2) is 7.17. The van der Waals surface area contributed by atoms with Gasteiger partial charge in [-0.1, -0.05) is 6.07 Å². The summed E-state index contributed by atoms with van der Waals surface area (Å²) in [5, 5.41) is 2.65. The molecule has 22 heavy (non-hydrogen) atoms. The van der Waals surface area contributed by atoms with Crippen LogP contribution in [0.5, 0.6) is 0 Å². The van der Waals surface area contributed by atoms with Gasteiger partial charge >= 0.3 is 0 Å². The van der Waals surface area contributed by atoms with Crippen molar-refractivity contribution in [1.82, 2.24) is 9.62 Å². The minimum absolute atomic E-state index is 0.0717. The van der Waals surface area contributed by atoms with E-state index in [0.717, 1.165) is 6.26 Å². The van der Waals surface area contributed by atoms with Crippen LogP contribution in [0.15, 0.2) is 24.3 Å². The Morgan fingerprint density at radius 1 is 1.36 bits per heavy atom.